The van der Waals surface area contributed by atoms with Gasteiger partial charge in [0.2, 0.25) is 0 Å². The number of rotatable bonds is 4. The van der Waals surface area contributed by atoms with Gasteiger partial charge in [-0.15, -0.1) is 0 Å². The molecule has 0 saturated heterocycles. The molecule has 4 nitrogen and oxygen atoms in total. The third-order valence-corrected chi connectivity index (χ3v) is 2.83. The van der Waals surface area contributed by atoms with Gasteiger partial charge in [0.25, 0.3) is 0 Å². The Labute approximate surface area is 111 Å². The number of nitriles is 1. The fourth-order valence-corrected chi connectivity index (χ4v) is 1.72. The molecule has 0 aliphatic heterocycles. The van der Waals surface area contributed by atoms with Crippen molar-refractivity contribution in [3.63, 3.8) is 0 Å². The van der Waals surface area contributed by atoms with Crippen LogP contribution in [0.2, 0.25) is 0 Å². The molecule has 0 N–H and O–H groups in total. The third-order valence-electron chi connectivity index (χ3n) is 2.83. The molecule has 2 aromatic rings. The molecule has 5 heteroatoms. The van der Waals surface area contributed by atoms with Crippen LogP contribution in [0.15, 0.2) is 24.3 Å². The molecule has 2 rings (SSSR count). The third kappa shape index (κ3) is 2.91. The lowest BCUT2D eigenvalue weighted by Gasteiger charge is -2.07. The molecule has 0 fully saturated rings. The summed E-state index contributed by atoms with van der Waals surface area (Å²) in [6, 6.07) is 7.96. The van der Waals surface area contributed by atoms with Gasteiger partial charge in [-0.25, -0.2) is 4.39 Å². The van der Waals surface area contributed by atoms with Crippen LogP contribution >= 0.6 is 0 Å². The minimum atomic E-state index is -0.531. The smallest absolute Gasteiger partial charge is 0.166 e. The Morgan fingerprint density at radius 1 is 1.42 bits per heavy atom. The molecule has 0 bridgehead atoms. The number of hydrogen-bond donors (Lipinski definition) is 0. The molecule has 0 unspecified atom stereocenters. The topological polar surface area (TPSA) is 50.8 Å². The molecule has 0 amide bonds. The van der Waals surface area contributed by atoms with Gasteiger partial charge in [-0.2, -0.15) is 10.4 Å². The van der Waals surface area contributed by atoms with E-state index in [9.17, 15) is 4.39 Å². The molecule has 0 aliphatic carbocycles. The summed E-state index contributed by atoms with van der Waals surface area (Å²) in [5, 5.41) is 12.9. The monoisotopic (exact) mass is 259 g/mol. The van der Waals surface area contributed by atoms with Crippen molar-refractivity contribution in [2.45, 2.75) is 20.0 Å². The lowest BCUT2D eigenvalue weighted by atomic mass is 10.2. The van der Waals surface area contributed by atoms with E-state index in [2.05, 4.69) is 5.10 Å². The second-order valence-corrected chi connectivity index (χ2v) is 4.15. The number of halogens is 1. The fraction of sp³-hybridized carbons (Fsp3) is 0.286. The Kier molecular flexibility index (Phi) is 3.81. The largest absolute Gasteiger partial charge is 0.484 e. The average molecular weight is 259 g/mol. The van der Waals surface area contributed by atoms with Crippen molar-refractivity contribution in [1.29, 1.82) is 5.26 Å². The zero-order chi connectivity index (χ0) is 13.8. The van der Waals surface area contributed by atoms with Gasteiger partial charge in [0.05, 0.1) is 23.0 Å². The van der Waals surface area contributed by atoms with E-state index in [4.69, 9.17) is 10.00 Å². The average Bonchev–Trinajstić information content (AvgIpc) is 2.78. The molecule has 98 valence electrons. The summed E-state index contributed by atoms with van der Waals surface area (Å²) in [7, 11) is 1.83. The Morgan fingerprint density at radius 3 is 2.79 bits per heavy atom. The maximum atomic E-state index is 13.6. The summed E-state index contributed by atoms with van der Waals surface area (Å²) in [5.41, 5.74) is 2.13. The van der Waals surface area contributed by atoms with Crippen molar-refractivity contribution in [3.05, 3.63) is 47.0 Å². The lowest BCUT2D eigenvalue weighted by Crippen LogP contribution is -2.04. The van der Waals surface area contributed by atoms with Crippen LogP contribution < -0.4 is 4.74 Å². The van der Waals surface area contributed by atoms with Crippen LogP contribution in [0.1, 0.15) is 23.9 Å². The van der Waals surface area contributed by atoms with Crippen molar-refractivity contribution in [1.82, 2.24) is 9.78 Å². The van der Waals surface area contributed by atoms with Crippen molar-refractivity contribution < 1.29 is 9.13 Å². The van der Waals surface area contributed by atoms with Crippen molar-refractivity contribution >= 4 is 0 Å². The van der Waals surface area contributed by atoms with Gasteiger partial charge in [-0.3, -0.25) is 4.68 Å². The first-order chi connectivity index (χ1) is 9.13. The molecular formula is C14H14FN3O. The summed E-state index contributed by atoms with van der Waals surface area (Å²) in [6.07, 6.45) is 0.846. The van der Waals surface area contributed by atoms with Crippen molar-refractivity contribution in [2.24, 2.45) is 7.05 Å². The van der Waals surface area contributed by atoms with E-state index in [0.29, 0.717) is 0 Å². The van der Waals surface area contributed by atoms with Gasteiger partial charge in [0, 0.05) is 7.05 Å². The van der Waals surface area contributed by atoms with E-state index < -0.39 is 5.82 Å². The molecule has 1 heterocycles. The Bertz CT molecular complexity index is 628. The molecule has 0 spiro atoms. The first-order valence-corrected chi connectivity index (χ1v) is 5.98. The van der Waals surface area contributed by atoms with E-state index in [1.54, 1.807) is 4.68 Å². The van der Waals surface area contributed by atoms with Gasteiger partial charge >= 0.3 is 0 Å². The highest BCUT2D eigenvalue weighted by Crippen LogP contribution is 2.19. The van der Waals surface area contributed by atoms with Gasteiger partial charge in [-0.1, -0.05) is 6.92 Å². The van der Waals surface area contributed by atoms with Crippen LogP contribution in [-0.4, -0.2) is 9.78 Å². The van der Waals surface area contributed by atoms with Gasteiger partial charge in [0.15, 0.2) is 11.6 Å². The molecule has 0 saturated carbocycles. The highest BCUT2D eigenvalue weighted by Gasteiger charge is 2.08. The number of benzene rings is 1. The predicted molar refractivity (Wildman–Crippen MR) is 68.0 cm³/mol. The predicted octanol–water partition coefficient (Wildman–Crippen LogP) is 2.57. The van der Waals surface area contributed by atoms with Crippen LogP contribution in [0.25, 0.3) is 0 Å². The molecule has 0 atom stereocenters. The summed E-state index contributed by atoms with van der Waals surface area (Å²) in [6.45, 7) is 2.26. The van der Waals surface area contributed by atoms with Crippen molar-refractivity contribution in [3.8, 4) is 11.8 Å². The molecule has 0 radical (unpaired) electrons. The normalized spacial score (nSPS) is 10.2. The molecule has 1 aromatic heterocycles. The molecular weight excluding hydrogens is 245 g/mol. The van der Waals surface area contributed by atoms with Crippen LogP contribution in [0.4, 0.5) is 4.39 Å². The van der Waals surface area contributed by atoms with E-state index in [-0.39, 0.29) is 17.9 Å². The zero-order valence-corrected chi connectivity index (χ0v) is 10.9. The Balaban J connectivity index is 2.10. The minimum absolute atomic E-state index is 0.137. The summed E-state index contributed by atoms with van der Waals surface area (Å²) >= 11 is 0. The lowest BCUT2D eigenvalue weighted by molar-refractivity contribution is 0.280. The van der Waals surface area contributed by atoms with E-state index in [1.165, 1.54) is 12.1 Å². The Morgan fingerprint density at radius 2 is 2.21 bits per heavy atom. The number of aryl methyl sites for hydroxylation is 2. The number of nitrogens with zero attached hydrogens (tertiary/aromatic N) is 3. The first-order valence-electron chi connectivity index (χ1n) is 5.98. The SMILES string of the molecule is CCc1cc(COc2ccc(C#N)cc2F)n(C)n1. The molecule has 0 aliphatic rings. The van der Waals surface area contributed by atoms with E-state index in [1.807, 2.05) is 26.1 Å². The van der Waals surface area contributed by atoms with Gasteiger partial charge in [0.1, 0.15) is 6.61 Å². The molecule has 19 heavy (non-hydrogen) atoms. The standard InChI is InChI=1S/C14H14FN3O/c1-3-11-7-12(18(2)17-11)9-19-14-5-4-10(8-16)6-13(14)15/h4-7H,3,9H2,1-2H3. The van der Waals surface area contributed by atoms with Crippen LogP contribution in [-0.2, 0) is 20.1 Å². The highest BCUT2D eigenvalue weighted by atomic mass is 19.1. The summed E-state index contributed by atoms with van der Waals surface area (Å²) < 4.78 is 20.8. The Hall–Kier alpha value is -2.35. The fourth-order valence-electron chi connectivity index (χ4n) is 1.72. The number of aromatic nitrogens is 2. The number of ether oxygens (including phenoxy) is 1. The number of hydrogen-bond acceptors (Lipinski definition) is 3. The second kappa shape index (κ2) is 5.53. The van der Waals surface area contributed by atoms with Crippen molar-refractivity contribution in [2.75, 3.05) is 0 Å². The zero-order valence-electron chi connectivity index (χ0n) is 10.9. The summed E-state index contributed by atoms with van der Waals surface area (Å²) in [5.74, 6) is -0.393. The highest BCUT2D eigenvalue weighted by molar-refractivity contribution is 5.36. The van der Waals surface area contributed by atoms with Crippen LogP contribution in [0, 0.1) is 17.1 Å². The van der Waals surface area contributed by atoms with Crippen LogP contribution in [0.3, 0.4) is 0 Å². The van der Waals surface area contributed by atoms with E-state index in [0.717, 1.165) is 23.9 Å². The van der Waals surface area contributed by atoms with E-state index >= 15 is 0 Å². The second-order valence-electron chi connectivity index (χ2n) is 4.15. The summed E-state index contributed by atoms with van der Waals surface area (Å²) in [4.78, 5) is 0. The minimum Gasteiger partial charge on any atom is -0.484 e. The van der Waals surface area contributed by atoms with Gasteiger partial charge in [-0.05, 0) is 30.7 Å². The first kappa shape index (κ1) is 13.1. The maximum absolute atomic E-state index is 13.6. The van der Waals surface area contributed by atoms with Crippen LogP contribution in [0.5, 0.6) is 5.75 Å². The maximum Gasteiger partial charge on any atom is 0.166 e. The molecule has 1 aromatic carbocycles. The quantitative estimate of drug-likeness (QED) is 0.848. The van der Waals surface area contributed by atoms with Gasteiger partial charge < -0.3 is 4.74 Å².